The Morgan fingerprint density at radius 1 is 1.23 bits per heavy atom. The van der Waals surface area contributed by atoms with Crippen LogP contribution in [0.1, 0.15) is 57.1 Å². The van der Waals surface area contributed by atoms with E-state index in [1.165, 1.54) is 17.9 Å². The zero-order valence-electron chi connectivity index (χ0n) is 20.7. The number of nitrogens with zero attached hydrogens (tertiary/aromatic N) is 3. The fourth-order valence-electron chi connectivity index (χ4n) is 5.63. The topological polar surface area (TPSA) is 109 Å². The zero-order valence-corrected chi connectivity index (χ0v) is 22.2. The molecular weight excluding hydrogens is 494 g/mol. The maximum atomic E-state index is 13.4. The van der Waals surface area contributed by atoms with Crippen molar-refractivity contribution in [1.29, 1.82) is 0 Å². The number of aliphatic imine (C=N–C) groups is 1. The van der Waals surface area contributed by atoms with E-state index in [1.807, 2.05) is 0 Å². The maximum Gasteiger partial charge on any atom is 0.509 e. The third-order valence-corrected chi connectivity index (χ3v) is 9.56. The van der Waals surface area contributed by atoms with Crippen LogP contribution in [0.2, 0.25) is 5.02 Å². The van der Waals surface area contributed by atoms with Gasteiger partial charge in [0, 0.05) is 11.1 Å². The first-order valence-electron chi connectivity index (χ1n) is 12.0. The summed E-state index contributed by atoms with van der Waals surface area (Å²) in [5.41, 5.74) is 0.975. The number of sulfone groups is 1. The molecule has 11 heteroatoms. The molecule has 35 heavy (non-hydrogen) atoms. The summed E-state index contributed by atoms with van der Waals surface area (Å²) in [6.45, 7) is 9.97. The quantitative estimate of drug-likeness (QED) is 0.542. The molecule has 9 nitrogen and oxygen atoms in total. The lowest BCUT2D eigenvalue weighted by Crippen LogP contribution is -2.54. The number of amidine groups is 1. The van der Waals surface area contributed by atoms with Crippen LogP contribution in [0.25, 0.3) is 0 Å². The van der Waals surface area contributed by atoms with Gasteiger partial charge >= 0.3 is 12.6 Å². The van der Waals surface area contributed by atoms with Crippen LogP contribution in [0.3, 0.4) is 0 Å². The molecule has 0 amide bonds. The summed E-state index contributed by atoms with van der Waals surface area (Å²) in [5, 5.41) is 11.1. The first-order valence-corrected chi connectivity index (χ1v) is 14.1. The second-order valence-corrected chi connectivity index (χ2v) is 12.8. The standard InChI is InChI=1S/C24H34ClN3O6S/c1-15-12-19(16(2)11-18(15)25)35(31,32)14-21-26-22(33-23(29)30)34-28(21)20-8-7-17(13-24(20,3)4)27-9-5-6-10-27/h11-12,17,20,22H,5-10,13-14H2,1-4H3,(H,29,30). The van der Waals surface area contributed by atoms with Crippen molar-refractivity contribution in [3.05, 3.63) is 28.3 Å². The Balaban J connectivity index is 1.60. The normalized spacial score (nSPS) is 27.2. The molecule has 3 atom stereocenters. The van der Waals surface area contributed by atoms with Crippen LogP contribution >= 0.6 is 11.6 Å². The maximum absolute atomic E-state index is 13.4. The highest BCUT2D eigenvalue weighted by Gasteiger charge is 2.47. The molecule has 1 aliphatic carbocycles. The number of carboxylic acid groups (broad SMARTS) is 1. The van der Waals surface area contributed by atoms with E-state index in [0.717, 1.165) is 32.4 Å². The first-order chi connectivity index (χ1) is 16.4. The van der Waals surface area contributed by atoms with Crippen LogP contribution in [0.4, 0.5) is 4.79 Å². The molecular formula is C24H34ClN3O6S. The summed E-state index contributed by atoms with van der Waals surface area (Å²) in [5.74, 6) is -0.280. The number of hydrogen-bond acceptors (Lipinski definition) is 8. The van der Waals surface area contributed by atoms with E-state index >= 15 is 0 Å². The highest BCUT2D eigenvalue weighted by molar-refractivity contribution is 7.92. The predicted octanol–water partition coefficient (Wildman–Crippen LogP) is 4.40. The average Bonchev–Trinajstić information content (AvgIpc) is 3.39. The van der Waals surface area contributed by atoms with Gasteiger partial charge in [0.1, 0.15) is 11.6 Å². The molecule has 2 heterocycles. The minimum Gasteiger partial charge on any atom is -0.450 e. The van der Waals surface area contributed by atoms with E-state index in [1.54, 1.807) is 26.0 Å². The number of aryl methyl sites for hydroxylation is 2. The van der Waals surface area contributed by atoms with Gasteiger partial charge in [0.25, 0.3) is 0 Å². The molecule has 0 spiro atoms. The summed E-state index contributed by atoms with van der Waals surface area (Å²) in [7, 11) is -3.82. The van der Waals surface area contributed by atoms with Crippen LogP contribution < -0.4 is 0 Å². The van der Waals surface area contributed by atoms with Crippen LogP contribution in [-0.4, -0.2) is 72.8 Å². The van der Waals surface area contributed by atoms with Gasteiger partial charge in [-0.3, -0.25) is 0 Å². The molecule has 0 radical (unpaired) electrons. The van der Waals surface area contributed by atoms with E-state index in [2.05, 4.69) is 23.7 Å². The SMILES string of the molecule is Cc1cc(S(=O)(=O)CC2=NC(OC(=O)O)ON2C2CCC(N3CCCC3)CC2(C)C)c(C)cc1Cl. The van der Waals surface area contributed by atoms with E-state index in [-0.39, 0.29) is 22.2 Å². The summed E-state index contributed by atoms with van der Waals surface area (Å²) >= 11 is 6.17. The fourth-order valence-corrected chi connectivity index (χ4v) is 7.45. The number of likely N-dealkylation sites (tertiary alicyclic amines) is 1. The first kappa shape index (κ1) is 26.2. The molecule has 1 saturated carbocycles. The largest absolute Gasteiger partial charge is 0.509 e. The molecule has 3 unspecified atom stereocenters. The average molecular weight is 528 g/mol. The minimum atomic E-state index is -3.82. The zero-order chi connectivity index (χ0) is 25.5. The molecule has 1 saturated heterocycles. The second kappa shape index (κ2) is 9.88. The summed E-state index contributed by atoms with van der Waals surface area (Å²) in [6.07, 6.45) is 2.13. The van der Waals surface area contributed by atoms with Gasteiger partial charge in [-0.15, -0.1) is 0 Å². The molecule has 0 bridgehead atoms. The number of benzene rings is 1. The van der Waals surface area contributed by atoms with Crippen molar-refractivity contribution in [1.82, 2.24) is 9.96 Å². The number of hydrogen-bond donors (Lipinski definition) is 1. The van der Waals surface area contributed by atoms with Crippen molar-refractivity contribution in [3.63, 3.8) is 0 Å². The third kappa shape index (κ3) is 5.60. The Morgan fingerprint density at radius 3 is 2.54 bits per heavy atom. The van der Waals surface area contributed by atoms with Crippen molar-refractivity contribution < 1.29 is 27.9 Å². The van der Waals surface area contributed by atoms with Crippen molar-refractivity contribution in [2.45, 2.75) is 83.2 Å². The lowest BCUT2D eigenvalue weighted by Gasteiger charge is -2.48. The monoisotopic (exact) mass is 527 g/mol. The Morgan fingerprint density at radius 2 is 1.91 bits per heavy atom. The summed E-state index contributed by atoms with van der Waals surface area (Å²) in [6, 6.07) is 3.49. The van der Waals surface area contributed by atoms with Gasteiger partial charge in [-0.25, -0.2) is 23.1 Å². The van der Waals surface area contributed by atoms with E-state index in [4.69, 9.17) is 26.3 Å². The van der Waals surface area contributed by atoms with Crippen LogP contribution in [0, 0.1) is 19.3 Å². The van der Waals surface area contributed by atoms with E-state index in [9.17, 15) is 13.2 Å². The lowest BCUT2D eigenvalue weighted by molar-refractivity contribution is -0.240. The van der Waals surface area contributed by atoms with Gasteiger partial charge in [-0.1, -0.05) is 25.4 Å². The molecule has 2 aliphatic heterocycles. The van der Waals surface area contributed by atoms with E-state index in [0.29, 0.717) is 22.2 Å². The highest BCUT2D eigenvalue weighted by atomic mass is 35.5. The summed E-state index contributed by atoms with van der Waals surface area (Å²) < 4.78 is 31.7. The van der Waals surface area contributed by atoms with Gasteiger partial charge in [-0.2, -0.15) is 4.99 Å². The number of carbonyl (C=O) groups is 1. The Bertz CT molecular complexity index is 1120. The van der Waals surface area contributed by atoms with Crippen molar-refractivity contribution in [2.24, 2.45) is 10.4 Å². The number of ether oxygens (including phenoxy) is 1. The van der Waals surface area contributed by atoms with Gasteiger partial charge in [0.15, 0.2) is 9.84 Å². The Hall–Kier alpha value is -1.88. The van der Waals surface area contributed by atoms with Crippen molar-refractivity contribution in [3.8, 4) is 0 Å². The van der Waals surface area contributed by atoms with Gasteiger partial charge in [-0.05, 0) is 87.7 Å². The highest BCUT2D eigenvalue weighted by Crippen LogP contribution is 2.43. The van der Waals surface area contributed by atoms with Gasteiger partial charge in [0.2, 0.25) is 0 Å². The predicted molar refractivity (Wildman–Crippen MR) is 132 cm³/mol. The van der Waals surface area contributed by atoms with Crippen LogP contribution in [0.15, 0.2) is 22.0 Å². The fraction of sp³-hybridized carbons (Fsp3) is 0.667. The van der Waals surface area contributed by atoms with Crippen molar-refractivity contribution >= 4 is 33.4 Å². The van der Waals surface area contributed by atoms with Crippen LogP contribution in [0.5, 0.6) is 0 Å². The Kier molecular flexibility index (Phi) is 7.39. The molecule has 1 aromatic carbocycles. The molecule has 194 valence electrons. The molecule has 1 N–H and O–H groups in total. The molecule has 0 aromatic heterocycles. The van der Waals surface area contributed by atoms with E-state index < -0.39 is 28.2 Å². The number of rotatable bonds is 6. The van der Waals surface area contributed by atoms with Gasteiger partial charge in [0.05, 0.1) is 10.9 Å². The number of halogens is 1. The lowest BCUT2D eigenvalue weighted by atomic mass is 9.70. The second-order valence-electron chi connectivity index (χ2n) is 10.5. The number of hydroxylamine groups is 2. The molecule has 2 fully saturated rings. The molecule has 3 aliphatic rings. The Labute approximate surface area is 211 Å². The minimum absolute atomic E-state index is 0.154. The third-order valence-electron chi connectivity index (χ3n) is 7.40. The summed E-state index contributed by atoms with van der Waals surface area (Å²) in [4.78, 5) is 23.9. The van der Waals surface area contributed by atoms with Crippen molar-refractivity contribution in [2.75, 3.05) is 18.8 Å². The molecule has 4 rings (SSSR count). The smallest absolute Gasteiger partial charge is 0.450 e. The van der Waals surface area contributed by atoms with Gasteiger partial charge < -0.3 is 14.7 Å². The van der Waals surface area contributed by atoms with Crippen LogP contribution in [-0.2, 0) is 19.4 Å². The molecule has 1 aromatic rings.